The molecule has 194 valence electrons. The number of hydrogen-bond donors (Lipinski definition) is 3. The van der Waals surface area contributed by atoms with Gasteiger partial charge in [0.15, 0.2) is 0 Å². The number of halogens is 1. The van der Waals surface area contributed by atoms with Gasteiger partial charge in [-0.1, -0.05) is 6.07 Å². The summed E-state index contributed by atoms with van der Waals surface area (Å²) in [5.74, 6) is -0.772. The first-order valence-corrected chi connectivity index (χ1v) is 12.4. The monoisotopic (exact) mass is 497 g/mol. The van der Waals surface area contributed by atoms with Gasteiger partial charge in [0.25, 0.3) is 5.91 Å². The third-order valence-electron chi connectivity index (χ3n) is 6.75. The van der Waals surface area contributed by atoms with E-state index in [4.69, 9.17) is 9.47 Å². The van der Waals surface area contributed by atoms with Crippen molar-refractivity contribution in [1.29, 1.82) is 0 Å². The fraction of sp³-hybridized carbons (Fsp3) is 0.464. The molecular formula is C28H36FN3O4. The standard InChI is InChI=1S/C28H36FN3O4/c1-17-21-10-11-24(18(2)26(21)32(5)25(17)14-30-16-28(3,4)34)31-27(33)22-9-8-19(13-23(22)29)36-15-20-7-6-12-35-20/h8-11,13,20,30,34H,6-7,12,14-16H2,1-5H3,(H,31,33)/t20-/m0/s1. The van der Waals surface area contributed by atoms with E-state index in [9.17, 15) is 14.3 Å². The zero-order valence-electron chi connectivity index (χ0n) is 21.7. The van der Waals surface area contributed by atoms with Crippen molar-refractivity contribution in [3.05, 3.63) is 58.5 Å². The lowest BCUT2D eigenvalue weighted by molar-refractivity contribution is 0.0678. The third-order valence-corrected chi connectivity index (χ3v) is 6.75. The minimum absolute atomic E-state index is 0.0351. The molecule has 0 spiro atoms. The molecule has 1 atom stereocenters. The van der Waals surface area contributed by atoms with Crippen LogP contribution in [0.3, 0.4) is 0 Å². The molecule has 2 heterocycles. The maximum absolute atomic E-state index is 14.8. The van der Waals surface area contributed by atoms with Gasteiger partial charge >= 0.3 is 0 Å². The Bertz CT molecular complexity index is 1260. The van der Waals surface area contributed by atoms with Gasteiger partial charge in [-0.2, -0.15) is 0 Å². The summed E-state index contributed by atoms with van der Waals surface area (Å²) in [5.41, 5.74) is 3.93. The SMILES string of the molecule is Cc1c(CNCC(C)(C)O)n(C)c2c(C)c(NC(=O)c3ccc(OC[C@@H]4CCCO4)cc3F)ccc12. The quantitative estimate of drug-likeness (QED) is 0.402. The van der Waals surface area contributed by atoms with Crippen molar-refractivity contribution in [2.24, 2.45) is 7.05 Å². The van der Waals surface area contributed by atoms with Crippen molar-refractivity contribution in [2.75, 3.05) is 25.1 Å². The number of amides is 1. The molecule has 7 nitrogen and oxygen atoms in total. The maximum atomic E-state index is 14.8. The zero-order valence-corrected chi connectivity index (χ0v) is 21.7. The number of aliphatic hydroxyl groups is 1. The van der Waals surface area contributed by atoms with E-state index in [0.29, 0.717) is 31.1 Å². The van der Waals surface area contributed by atoms with E-state index in [1.165, 1.54) is 12.1 Å². The first kappa shape index (κ1) is 26.1. The molecule has 1 aliphatic heterocycles. The van der Waals surface area contributed by atoms with Gasteiger partial charge < -0.3 is 29.8 Å². The summed E-state index contributed by atoms with van der Waals surface area (Å²) < 4.78 is 28.1. The van der Waals surface area contributed by atoms with Crippen molar-refractivity contribution in [3.63, 3.8) is 0 Å². The van der Waals surface area contributed by atoms with Gasteiger partial charge in [0.2, 0.25) is 0 Å². The number of aryl methyl sites for hydroxylation is 3. The number of ether oxygens (including phenoxy) is 2. The largest absolute Gasteiger partial charge is 0.491 e. The molecule has 0 radical (unpaired) electrons. The highest BCUT2D eigenvalue weighted by Gasteiger charge is 2.20. The number of nitrogens with zero attached hydrogens (tertiary/aromatic N) is 1. The summed E-state index contributed by atoms with van der Waals surface area (Å²) in [6.07, 6.45) is 1.98. The first-order valence-electron chi connectivity index (χ1n) is 12.4. The van der Waals surface area contributed by atoms with Crippen LogP contribution in [0.5, 0.6) is 5.75 Å². The smallest absolute Gasteiger partial charge is 0.258 e. The maximum Gasteiger partial charge on any atom is 0.258 e. The highest BCUT2D eigenvalue weighted by atomic mass is 19.1. The van der Waals surface area contributed by atoms with Crippen molar-refractivity contribution < 1.29 is 23.8 Å². The van der Waals surface area contributed by atoms with Crippen LogP contribution in [0.15, 0.2) is 30.3 Å². The highest BCUT2D eigenvalue weighted by molar-refractivity contribution is 6.06. The number of carbonyl (C=O) groups is 1. The Kier molecular flexibility index (Phi) is 7.68. The van der Waals surface area contributed by atoms with Crippen LogP contribution in [0.1, 0.15) is 53.9 Å². The van der Waals surface area contributed by atoms with Gasteiger partial charge in [0.05, 0.1) is 22.8 Å². The van der Waals surface area contributed by atoms with Crippen molar-refractivity contribution in [1.82, 2.24) is 9.88 Å². The molecule has 0 unspecified atom stereocenters. The number of nitrogens with one attached hydrogen (secondary N) is 2. The van der Waals surface area contributed by atoms with Crippen LogP contribution in [0.25, 0.3) is 10.9 Å². The summed E-state index contributed by atoms with van der Waals surface area (Å²) in [4.78, 5) is 12.9. The minimum Gasteiger partial charge on any atom is -0.491 e. The molecule has 3 N–H and O–H groups in total. The second-order valence-electron chi connectivity index (χ2n) is 10.2. The van der Waals surface area contributed by atoms with E-state index in [2.05, 4.69) is 22.1 Å². The second kappa shape index (κ2) is 10.6. The lowest BCUT2D eigenvalue weighted by atomic mass is 10.1. The summed E-state index contributed by atoms with van der Waals surface area (Å²) in [7, 11) is 1.99. The highest BCUT2D eigenvalue weighted by Crippen LogP contribution is 2.32. The Morgan fingerprint density at radius 3 is 2.69 bits per heavy atom. The van der Waals surface area contributed by atoms with Gasteiger partial charge in [-0.25, -0.2) is 4.39 Å². The van der Waals surface area contributed by atoms with E-state index in [1.54, 1.807) is 19.9 Å². The van der Waals surface area contributed by atoms with Crippen molar-refractivity contribution in [3.8, 4) is 5.75 Å². The minimum atomic E-state index is -0.796. The Morgan fingerprint density at radius 2 is 2.03 bits per heavy atom. The summed E-state index contributed by atoms with van der Waals surface area (Å²) in [5, 5.41) is 17.3. The number of aromatic nitrogens is 1. The van der Waals surface area contributed by atoms with Crippen molar-refractivity contribution in [2.45, 2.75) is 58.8 Å². The summed E-state index contributed by atoms with van der Waals surface area (Å²) in [6.45, 7) is 9.73. The number of fused-ring (bicyclic) bond motifs is 1. The van der Waals surface area contributed by atoms with Gasteiger partial charge in [-0.3, -0.25) is 4.79 Å². The molecule has 8 heteroatoms. The Morgan fingerprint density at radius 1 is 1.25 bits per heavy atom. The molecule has 1 amide bonds. The first-order chi connectivity index (χ1) is 17.0. The van der Waals surface area contributed by atoms with Gasteiger partial charge in [0.1, 0.15) is 18.2 Å². The molecule has 0 aliphatic carbocycles. The average Bonchev–Trinajstić information content (AvgIpc) is 3.41. The Hall–Kier alpha value is -2.94. The van der Waals surface area contributed by atoms with Crippen LogP contribution >= 0.6 is 0 Å². The van der Waals surface area contributed by atoms with E-state index >= 15 is 0 Å². The van der Waals surface area contributed by atoms with E-state index < -0.39 is 17.3 Å². The summed E-state index contributed by atoms with van der Waals surface area (Å²) in [6, 6.07) is 8.13. The Labute approximate surface area is 211 Å². The van der Waals surface area contributed by atoms with Gasteiger partial charge in [-0.15, -0.1) is 0 Å². The van der Waals surface area contributed by atoms with E-state index in [1.807, 2.05) is 26.1 Å². The van der Waals surface area contributed by atoms with Crippen LogP contribution in [0.2, 0.25) is 0 Å². The molecule has 0 saturated carbocycles. The molecule has 1 aliphatic rings. The van der Waals surface area contributed by atoms with Crippen LogP contribution < -0.4 is 15.4 Å². The van der Waals surface area contributed by atoms with E-state index in [0.717, 1.165) is 47.2 Å². The molecule has 1 aromatic heterocycles. The third kappa shape index (κ3) is 5.72. The average molecular weight is 498 g/mol. The van der Waals surface area contributed by atoms with Crippen LogP contribution in [-0.2, 0) is 18.3 Å². The number of carbonyl (C=O) groups excluding carboxylic acids is 1. The van der Waals surface area contributed by atoms with E-state index in [-0.39, 0.29) is 11.7 Å². The molecular weight excluding hydrogens is 461 g/mol. The molecule has 4 rings (SSSR count). The molecule has 1 fully saturated rings. The van der Waals surface area contributed by atoms with Gasteiger partial charge in [0, 0.05) is 49.6 Å². The summed E-state index contributed by atoms with van der Waals surface area (Å²) >= 11 is 0. The van der Waals surface area contributed by atoms with Crippen molar-refractivity contribution >= 4 is 22.5 Å². The lowest BCUT2D eigenvalue weighted by Crippen LogP contribution is -2.34. The van der Waals surface area contributed by atoms with Crippen LogP contribution in [-0.4, -0.2) is 47.0 Å². The topological polar surface area (TPSA) is 84.8 Å². The number of anilines is 1. The fourth-order valence-electron chi connectivity index (χ4n) is 4.77. The molecule has 36 heavy (non-hydrogen) atoms. The van der Waals surface area contributed by atoms with Crippen LogP contribution in [0.4, 0.5) is 10.1 Å². The zero-order chi connectivity index (χ0) is 26.0. The predicted octanol–water partition coefficient (Wildman–Crippen LogP) is 4.60. The molecule has 3 aromatic rings. The molecule has 1 saturated heterocycles. The second-order valence-corrected chi connectivity index (χ2v) is 10.2. The fourth-order valence-corrected chi connectivity index (χ4v) is 4.77. The normalized spacial score (nSPS) is 16.0. The molecule has 0 bridgehead atoms. The number of hydrogen-bond acceptors (Lipinski definition) is 5. The van der Waals surface area contributed by atoms with Crippen LogP contribution in [0, 0.1) is 19.7 Å². The number of benzene rings is 2. The lowest BCUT2D eigenvalue weighted by Gasteiger charge is -2.18. The van der Waals surface area contributed by atoms with Gasteiger partial charge in [-0.05, 0) is 69.9 Å². The molecule has 2 aromatic carbocycles. The Balaban J connectivity index is 1.49. The number of rotatable bonds is 9. The predicted molar refractivity (Wildman–Crippen MR) is 139 cm³/mol.